The van der Waals surface area contributed by atoms with Gasteiger partial charge in [0.05, 0.1) is 18.2 Å². The summed E-state index contributed by atoms with van der Waals surface area (Å²) in [6, 6.07) is 9.36. The fourth-order valence-corrected chi connectivity index (χ4v) is 3.57. The standard InChI is InChI=1S/C23H29FN4O4/c1-14-12-28(15(2)13-29)22(30)19-10-18(8-9-20(19)32-21(14)11-25-3)27-23(31)26-17-6-4-16(24)5-7-17/h4-10,14-15,21,25,29H,11-13H2,1-3H3,(H2,26,27,31)/t14-,15+,21+/m1/s1. The van der Waals surface area contributed by atoms with E-state index in [4.69, 9.17) is 4.74 Å². The predicted octanol–water partition coefficient (Wildman–Crippen LogP) is 2.91. The minimum atomic E-state index is -0.530. The molecule has 0 aromatic heterocycles. The minimum Gasteiger partial charge on any atom is -0.488 e. The van der Waals surface area contributed by atoms with Gasteiger partial charge in [0.25, 0.3) is 5.91 Å². The summed E-state index contributed by atoms with van der Waals surface area (Å²) in [4.78, 5) is 27.3. The van der Waals surface area contributed by atoms with Crippen LogP contribution in [0.25, 0.3) is 0 Å². The lowest BCUT2D eigenvalue weighted by molar-refractivity contribution is 0.0416. The van der Waals surface area contributed by atoms with Crippen molar-refractivity contribution in [3.63, 3.8) is 0 Å². The zero-order valence-corrected chi connectivity index (χ0v) is 18.4. The smallest absolute Gasteiger partial charge is 0.323 e. The first-order valence-corrected chi connectivity index (χ1v) is 10.5. The van der Waals surface area contributed by atoms with Gasteiger partial charge in [-0.3, -0.25) is 4.79 Å². The number of halogens is 1. The van der Waals surface area contributed by atoms with Crippen molar-refractivity contribution < 1.29 is 23.8 Å². The number of carbonyl (C=O) groups is 2. The van der Waals surface area contributed by atoms with Crippen molar-refractivity contribution in [3.05, 3.63) is 53.8 Å². The lowest BCUT2D eigenvalue weighted by Gasteiger charge is -2.37. The van der Waals surface area contributed by atoms with E-state index in [1.807, 2.05) is 14.0 Å². The zero-order valence-electron chi connectivity index (χ0n) is 18.4. The number of nitrogens with one attached hydrogen (secondary N) is 3. The fraction of sp³-hybridized carbons (Fsp3) is 0.391. The van der Waals surface area contributed by atoms with Crippen molar-refractivity contribution in [2.45, 2.75) is 26.0 Å². The summed E-state index contributed by atoms with van der Waals surface area (Å²) >= 11 is 0. The molecule has 4 N–H and O–H groups in total. The highest BCUT2D eigenvalue weighted by atomic mass is 19.1. The molecule has 1 heterocycles. The van der Waals surface area contributed by atoms with Crippen molar-refractivity contribution in [1.82, 2.24) is 10.2 Å². The summed E-state index contributed by atoms with van der Waals surface area (Å²) in [5.74, 6) is -0.225. The number of likely N-dealkylation sites (N-methyl/N-ethyl adjacent to an activating group) is 1. The maximum Gasteiger partial charge on any atom is 0.323 e. The molecular weight excluding hydrogens is 415 g/mol. The molecule has 2 aromatic carbocycles. The van der Waals surface area contributed by atoms with Gasteiger partial charge in [-0.05, 0) is 56.4 Å². The highest BCUT2D eigenvalue weighted by Gasteiger charge is 2.32. The number of aliphatic hydroxyl groups excluding tert-OH is 1. The molecule has 3 rings (SSSR count). The van der Waals surface area contributed by atoms with Gasteiger partial charge in [-0.15, -0.1) is 0 Å². The molecule has 32 heavy (non-hydrogen) atoms. The van der Waals surface area contributed by atoms with Gasteiger partial charge >= 0.3 is 6.03 Å². The SMILES string of the molecule is CNC[C@@H]1Oc2ccc(NC(=O)Nc3ccc(F)cc3)cc2C(=O)N([C@@H](C)CO)C[C@H]1C. The molecule has 0 saturated carbocycles. The van der Waals surface area contributed by atoms with Crippen molar-refractivity contribution in [1.29, 1.82) is 0 Å². The van der Waals surface area contributed by atoms with Crippen LogP contribution in [0.1, 0.15) is 24.2 Å². The fourth-order valence-electron chi connectivity index (χ4n) is 3.57. The number of ether oxygens (including phenoxy) is 1. The van der Waals surface area contributed by atoms with Crippen molar-refractivity contribution >= 4 is 23.3 Å². The van der Waals surface area contributed by atoms with Gasteiger partial charge in [0.15, 0.2) is 0 Å². The van der Waals surface area contributed by atoms with Crippen molar-refractivity contribution in [2.24, 2.45) is 5.92 Å². The number of carbonyl (C=O) groups excluding carboxylic acids is 2. The minimum absolute atomic E-state index is 0.0350. The molecule has 3 atom stereocenters. The number of rotatable bonds is 6. The van der Waals surface area contributed by atoms with Crippen LogP contribution in [0.15, 0.2) is 42.5 Å². The molecule has 0 saturated heterocycles. The Morgan fingerprint density at radius 2 is 1.88 bits per heavy atom. The highest BCUT2D eigenvalue weighted by Crippen LogP contribution is 2.30. The highest BCUT2D eigenvalue weighted by molar-refractivity contribution is 6.02. The van der Waals surface area contributed by atoms with Crippen LogP contribution in [-0.2, 0) is 0 Å². The lowest BCUT2D eigenvalue weighted by Crippen LogP contribution is -2.49. The molecule has 172 valence electrons. The zero-order chi connectivity index (χ0) is 23.3. The van der Waals surface area contributed by atoms with E-state index in [1.165, 1.54) is 24.3 Å². The average molecular weight is 445 g/mol. The Labute approximate surface area is 186 Å². The number of fused-ring (bicyclic) bond motifs is 1. The Balaban J connectivity index is 1.86. The molecule has 0 bridgehead atoms. The molecule has 8 nitrogen and oxygen atoms in total. The second-order valence-electron chi connectivity index (χ2n) is 7.98. The molecule has 2 aromatic rings. The van der Waals surface area contributed by atoms with Gasteiger partial charge in [0, 0.05) is 30.4 Å². The van der Waals surface area contributed by atoms with E-state index in [2.05, 4.69) is 16.0 Å². The summed E-state index contributed by atoms with van der Waals surface area (Å²) in [5.41, 5.74) is 1.13. The normalized spacial score (nSPS) is 19.3. The predicted molar refractivity (Wildman–Crippen MR) is 121 cm³/mol. The van der Waals surface area contributed by atoms with E-state index < -0.39 is 11.8 Å². The third-order valence-corrected chi connectivity index (χ3v) is 5.43. The number of hydrogen-bond donors (Lipinski definition) is 4. The van der Waals surface area contributed by atoms with Crippen LogP contribution in [0.5, 0.6) is 5.75 Å². The van der Waals surface area contributed by atoms with Gasteiger partial charge in [-0.2, -0.15) is 0 Å². The first-order valence-electron chi connectivity index (χ1n) is 10.5. The van der Waals surface area contributed by atoms with Gasteiger partial charge in [0.2, 0.25) is 0 Å². The molecule has 0 spiro atoms. The third kappa shape index (κ3) is 5.54. The monoisotopic (exact) mass is 444 g/mol. The van der Waals surface area contributed by atoms with Gasteiger partial charge < -0.3 is 30.7 Å². The number of amides is 3. The van der Waals surface area contributed by atoms with Crippen LogP contribution >= 0.6 is 0 Å². The second kappa shape index (κ2) is 10.4. The van der Waals surface area contributed by atoms with E-state index in [1.54, 1.807) is 30.0 Å². The summed E-state index contributed by atoms with van der Waals surface area (Å²) in [7, 11) is 1.84. The Morgan fingerprint density at radius 3 is 2.53 bits per heavy atom. The van der Waals surface area contributed by atoms with E-state index in [9.17, 15) is 19.1 Å². The summed E-state index contributed by atoms with van der Waals surface area (Å²) in [6.45, 7) is 4.65. The van der Waals surface area contributed by atoms with Crippen LogP contribution in [-0.4, -0.2) is 60.8 Å². The maximum atomic E-state index is 13.3. The number of nitrogens with zero attached hydrogens (tertiary/aromatic N) is 1. The van der Waals surface area contributed by atoms with Crippen LogP contribution in [0.4, 0.5) is 20.6 Å². The molecular formula is C23H29FN4O4. The molecule has 0 unspecified atom stereocenters. The average Bonchev–Trinajstić information content (AvgIpc) is 2.77. The Hall–Kier alpha value is -3.17. The number of anilines is 2. The van der Waals surface area contributed by atoms with E-state index in [0.717, 1.165) is 0 Å². The van der Waals surface area contributed by atoms with E-state index in [-0.39, 0.29) is 30.6 Å². The van der Waals surface area contributed by atoms with Crippen LogP contribution in [0.2, 0.25) is 0 Å². The molecule has 0 fully saturated rings. The largest absolute Gasteiger partial charge is 0.488 e. The summed E-state index contributed by atoms with van der Waals surface area (Å²) in [6.07, 6.45) is -0.180. The van der Waals surface area contributed by atoms with Gasteiger partial charge in [0.1, 0.15) is 17.7 Å². The number of benzene rings is 2. The topological polar surface area (TPSA) is 103 Å². The number of urea groups is 1. The first kappa shape index (κ1) is 23.5. The van der Waals surface area contributed by atoms with E-state index >= 15 is 0 Å². The number of hydrogen-bond acceptors (Lipinski definition) is 5. The first-order chi connectivity index (χ1) is 15.3. The maximum absolute atomic E-state index is 13.3. The number of aliphatic hydroxyl groups is 1. The van der Waals surface area contributed by atoms with Crippen molar-refractivity contribution in [3.8, 4) is 5.75 Å². The van der Waals surface area contributed by atoms with Gasteiger partial charge in [-0.1, -0.05) is 6.92 Å². The third-order valence-electron chi connectivity index (χ3n) is 5.43. The van der Waals surface area contributed by atoms with Crippen molar-refractivity contribution in [2.75, 3.05) is 37.4 Å². The molecule has 1 aliphatic heterocycles. The quantitative estimate of drug-likeness (QED) is 0.549. The van der Waals surface area contributed by atoms with Crippen LogP contribution in [0.3, 0.4) is 0 Å². The van der Waals surface area contributed by atoms with Crippen LogP contribution in [0, 0.1) is 11.7 Å². The van der Waals surface area contributed by atoms with E-state index in [0.29, 0.717) is 35.8 Å². The summed E-state index contributed by atoms with van der Waals surface area (Å²) < 4.78 is 19.2. The molecule has 0 radical (unpaired) electrons. The van der Waals surface area contributed by atoms with Gasteiger partial charge in [-0.25, -0.2) is 9.18 Å². The molecule has 9 heteroatoms. The Bertz CT molecular complexity index is 954. The van der Waals surface area contributed by atoms with Crippen LogP contribution < -0.4 is 20.7 Å². The molecule has 1 aliphatic rings. The Kier molecular flexibility index (Phi) is 7.66. The lowest BCUT2D eigenvalue weighted by atomic mass is 9.99. The summed E-state index contributed by atoms with van der Waals surface area (Å²) in [5, 5.41) is 18.1. The Morgan fingerprint density at radius 1 is 1.22 bits per heavy atom. The molecule has 3 amide bonds. The molecule has 0 aliphatic carbocycles. The second-order valence-corrected chi connectivity index (χ2v) is 7.98.